The summed E-state index contributed by atoms with van der Waals surface area (Å²) in [5, 5.41) is 0.555. The van der Waals surface area contributed by atoms with Gasteiger partial charge in [0.05, 0.1) is 18.4 Å². The summed E-state index contributed by atoms with van der Waals surface area (Å²) in [6.45, 7) is 4.34. The molecule has 3 rings (SSSR count). The maximum absolute atomic E-state index is 12.6. The van der Waals surface area contributed by atoms with Gasteiger partial charge in [-0.1, -0.05) is 17.7 Å². The van der Waals surface area contributed by atoms with Crippen molar-refractivity contribution in [2.75, 3.05) is 38.2 Å². The first kappa shape index (κ1) is 18.2. The van der Waals surface area contributed by atoms with E-state index in [9.17, 15) is 9.59 Å². The molecule has 0 aliphatic carbocycles. The number of ether oxygens (including phenoxy) is 1. The van der Waals surface area contributed by atoms with Crippen LogP contribution in [-0.2, 0) is 4.74 Å². The molecule has 0 unspecified atom stereocenters. The molecule has 1 saturated heterocycles. The van der Waals surface area contributed by atoms with Crippen LogP contribution in [0, 0.1) is 6.92 Å². The topological polar surface area (TPSA) is 62.7 Å². The second-order valence-corrected chi connectivity index (χ2v) is 6.52. The van der Waals surface area contributed by atoms with Crippen LogP contribution >= 0.6 is 11.6 Å². The fourth-order valence-corrected chi connectivity index (χ4v) is 3.18. The Balaban J connectivity index is 1.66. The highest BCUT2D eigenvalue weighted by Crippen LogP contribution is 2.19. The highest BCUT2D eigenvalue weighted by molar-refractivity contribution is 6.30. The van der Waals surface area contributed by atoms with Crippen molar-refractivity contribution in [3.05, 3.63) is 58.2 Å². The number of carbonyl (C=O) groups excluding carboxylic acids is 2. The number of aryl methyl sites for hydroxylation is 1. The number of nitrogens with zero attached hydrogens (tertiary/aromatic N) is 3. The largest absolute Gasteiger partial charge is 0.465 e. The van der Waals surface area contributed by atoms with Crippen molar-refractivity contribution in [1.29, 1.82) is 0 Å². The number of pyridine rings is 1. The van der Waals surface area contributed by atoms with Crippen LogP contribution in [0.5, 0.6) is 0 Å². The SMILES string of the molecule is COC(=O)c1ccc(N2CCN(C(=O)c3cccc(Cl)c3)CC2)nc1C. The third-order valence-corrected chi connectivity index (χ3v) is 4.67. The van der Waals surface area contributed by atoms with Crippen LogP contribution in [0.2, 0.25) is 5.02 Å². The average molecular weight is 374 g/mol. The van der Waals surface area contributed by atoms with Crippen LogP contribution in [0.15, 0.2) is 36.4 Å². The molecule has 2 aromatic rings. The number of amides is 1. The molecule has 1 fully saturated rings. The molecule has 0 spiro atoms. The zero-order valence-electron chi connectivity index (χ0n) is 14.7. The van der Waals surface area contributed by atoms with E-state index in [0.717, 1.165) is 5.82 Å². The Hall–Kier alpha value is -2.60. The van der Waals surface area contributed by atoms with E-state index >= 15 is 0 Å². The van der Waals surface area contributed by atoms with Crippen molar-refractivity contribution in [2.24, 2.45) is 0 Å². The van der Waals surface area contributed by atoms with Crippen molar-refractivity contribution in [3.63, 3.8) is 0 Å². The van der Waals surface area contributed by atoms with Crippen molar-refractivity contribution in [2.45, 2.75) is 6.92 Å². The number of hydrogen-bond acceptors (Lipinski definition) is 5. The Kier molecular flexibility index (Phi) is 5.42. The minimum atomic E-state index is -0.390. The first-order valence-corrected chi connectivity index (χ1v) is 8.73. The Morgan fingerprint density at radius 3 is 2.46 bits per heavy atom. The van der Waals surface area contributed by atoms with Gasteiger partial charge in [0.2, 0.25) is 0 Å². The van der Waals surface area contributed by atoms with Gasteiger partial charge in [0.15, 0.2) is 0 Å². The number of benzene rings is 1. The van der Waals surface area contributed by atoms with Gasteiger partial charge in [0, 0.05) is 36.8 Å². The standard InChI is InChI=1S/C19H20ClN3O3/c1-13-16(19(25)26-2)6-7-17(21-13)22-8-10-23(11-9-22)18(24)14-4-3-5-15(20)12-14/h3-7,12H,8-11H2,1-2H3. The van der Waals surface area contributed by atoms with E-state index in [-0.39, 0.29) is 5.91 Å². The number of aromatic nitrogens is 1. The van der Waals surface area contributed by atoms with E-state index in [2.05, 4.69) is 9.88 Å². The number of esters is 1. The fourth-order valence-electron chi connectivity index (χ4n) is 2.99. The highest BCUT2D eigenvalue weighted by atomic mass is 35.5. The molecule has 136 valence electrons. The number of rotatable bonds is 3. The minimum Gasteiger partial charge on any atom is -0.465 e. The second kappa shape index (κ2) is 7.74. The quantitative estimate of drug-likeness (QED) is 0.774. The molecular formula is C19H20ClN3O3. The number of hydrogen-bond donors (Lipinski definition) is 0. The van der Waals surface area contributed by atoms with Gasteiger partial charge in [0.25, 0.3) is 5.91 Å². The summed E-state index contributed by atoms with van der Waals surface area (Å²) in [4.78, 5) is 32.7. The summed E-state index contributed by atoms with van der Waals surface area (Å²) < 4.78 is 4.75. The van der Waals surface area contributed by atoms with Gasteiger partial charge in [-0.25, -0.2) is 9.78 Å². The van der Waals surface area contributed by atoms with Gasteiger partial charge in [0.1, 0.15) is 5.82 Å². The normalized spacial score (nSPS) is 14.3. The summed E-state index contributed by atoms with van der Waals surface area (Å²) >= 11 is 5.97. The van der Waals surface area contributed by atoms with Crippen LogP contribution in [0.3, 0.4) is 0 Å². The molecule has 26 heavy (non-hydrogen) atoms. The Morgan fingerprint density at radius 1 is 1.12 bits per heavy atom. The van der Waals surface area contributed by atoms with E-state index in [4.69, 9.17) is 16.3 Å². The van der Waals surface area contributed by atoms with E-state index < -0.39 is 5.97 Å². The number of halogens is 1. The number of piperazine rings is 1. The van der Waals surface area contributed by atoms with Crippen LogP contribution in [0.25, 0.3) is 0 Å². The lowest BCUT2D eigenvalue weighted by Crippen LogP contribution is -2.49. The molecule has 1 aliphatic heterocycles. The van der Waals surface area contributed by atoms with Crippen LogP contribution < -0.4 is 4.90 Å². The molecule has 7 heteroatoms. The average Bonchev–Trinajstić information content (AvgIpc) is 2.67. The summed E-state index contributed by atoms with van der Waals surface area (Å²) in [6.07, 6.45) is 0. The summed E-state index contributed by atoms with van der Waals surface area (Å²) in [7, 11) is 1.35. The lowest BCUT2D eigenvalue weighted by atomic mass is 10.1. The molecule has 6 nitrogen and oxygen atoms in total. The Labute approximate surface area is 157 Å². The second-order valence-electron chi connectivity index (χ2n) is 6.08. The molecule has 2 heterocycles. The molecule has 1 aromatic carbocycles. The van der Waals surface area contributed by atoms with E-state index in [0.29, 0.717) is 48.0 Å². The van der Waals surface area contributed by atoms with Crippen molar-refractivity contribution in [3.8, 4) is 0 Å². The number of methoxy groups -OCH3 is 1. The highest BCUT2D eigenvalue weighted by Gasteiger charge is 2.23. The molecule has 0 radical (unpaired) electrons. The molecule has 1 aromatic heterocycles. The third-order valence-electron chi connectivity index (χ3n) is 4.44. The predicted octanol–water partition coefficient (Wildman–Crippen LogP) is 2.79. The predicted molar refractivity (Wildman–Crippen MR) is 99.9 cm³/mol. The zero-order valence-corrected chi connectivity index (χ0v) is 15.5. The van der Waals surface area contributed by atoms with E-state index in [1.165, 1.54) is 7.11 Å². The smallest absolute Gasteiger partial charge is 0.339 e. The molecule has 0 atom stereocenters. The van der Waals surface area contributed by atoms with Crippen LogP contribution in [0.4, 0.5) is 5.82 Å². The Morgan fingerprint density at radius 2 is 1.85 bits per heavy atom. The molecule has 0 saturated carbocycles. The van der Waals surface area contributed by atoms with Crippen molar-refractivity contribution < 1.29 is 14.3 Å². The summed E-state index contributed by atoms with van der Waals surface area (Å²) in [6, 6.07) is 10.5. The third kappa shape index (κ3) is 3.80. The molecular weight excluding hydrogens is 354 g/mol. The maximum atomic E-state index is 12.6. The molecule has 0 bridgehead atoms. The van der Waals surface area contributed by atoms with Crippen molar-refractivity contribution in [1.82, 2.24) is 9.88 Å². The van der Waals surface area contributed by atoms with Crippen LogP contribution in [-0.4, -0.2) is 55.0 Å². The molecule has 1 amide bonds. The van der Waals surface area contributed by atoms with Gasteiger partial charge >= 0.3 is 5.97 Å². The summed E-state index contributed by atoms with van der Waals surface area (Å²) in [5.74, 6) is 0.390. The van der Waals surface area contributed by atoms with Gasteiger partial charge in [-0.15, -0.1) is 0 Å². The van der Waals surface area contributed by atoms with E-state index in [1.807, 2.05) is 11.0 Å². The number of carbonyl (C=O) groups is 2. The Bertz CT molecular complexity index is 833. The van der Waals surface area contributed by atoms with Gasteiger partial charge < -0.3 is 14.5 Å². The maximum Gasteiger partial charge on any atom is 0.339 e. The monoisotopic (exact) mass is 373 g/mol. The molecule has 0 N–H and O–H groups in total. The lowest BCUT2D eigenvalue weighted by Gasteiger charge is -2.35. The minimum absolute atomic E-state index is 0.0164. The van der Waals surface area contributed by atoms with Gasteiger partial charge in [-0.3, -0.25) is 4.79 Å². The van der Waals surface area contributed by atoms with Gasteiger partial charge in [-0.05, 0) is 37.3 Å². The lowest BCUT2D eigenvalue weighted by molar-refractivity contribution is 0.0599. The zero-order chi connectivity index (χ0) is 18.7. The summed E-state index contributed by atoms with van der Waals surface area (Å²) in [5.41, 5.74) is 1.69. The number of anilines is 1. The van der Waals surface area contributed by atoms with Crippen molar-refractivity contribution >= 4 is 29.3 Å². The first-order valence-electron chi connectivity index (χ1n) is 8.35. The van der Waals surface area contributed by atoms with E-state index in [1.54, 1.807) is 37.3 Å². The van der Waals surface area contributed by atoms with Gasteiger partial charge in [-0.2, -0.15) is 0 Å². The fraction of sp³-hybridized carbons (Fsp3) is 0.316. The molecule has 1 aliphatic rings. The van der Waals surface area contributed by atoms with Crippen LogP contribution in [0.1, 0.15) is 26.4 Å². The first-order chi connectivity index (χ1) is 12.5.